The third kappa shape index (κ3) is 3.80. The number of β-amino-alcohol motifs (C(OH)–C–C–N with tert-alkyl or cyclic N) is 1. The van der Waals surface area contributed by atoms with E-state index in [9.17, 15) is 9.90 Å². The Morgan fingerprint density at radius 1 is 1.67 bits per heavy atom. The zero-order valence-electron chi connectivity index (χ0n) is 9.70. The van der Waals surface area contributed by atoms with Gasteiger partial charge in [-0.15, -0.1) is 0 Å². The molecular weight excluding hydrogens is 192 g/mol. The van der Waals surface area contributed by atoms with Crippen LogP contribution in [-0.2, 0) is 4.79 Å². The van der Waals surface area contributed by atoms with Crippen molar-refractivity contribution in [2.24, 2.45) is 0 Å². The fraction of sp³-hybridized carbons (Fsp3) is 0.909. The number of rotatable bonds is 5. The molecule has 1 heterocycles. The summed E-state index contributed by atoms with van der Waals surface area (Å²) in [6, 6.07) is -0.112. The number of carbonyl (C=O) groups excluding carboxylic acids is 1. The van der Waals surface area contributed by atoms with Gasteiger partial charge >= 0.3 is 0 Å². The van der Waals surface area contributed by atoms with Crippen molar-refractivity contribution in [1.82, 2.24) is 10.2 Å². The van der Waals surface area contributed by atoms with Gasteiger partial charge in [-0.1, -0.05) is 13.3 Å². The molecule has 1 amide bonds. The highest BCUT2D eigenvalue weighted by molar-refractivity contribution is 5.81. The number of nitrogens with zero attached hydrogens (tertiary/aromatic N) is 1. The fourth-order valence-electron chi connectivity index (χ4n) is 1.82. The predicted octanol–water partition coefficient (Wildman–Crippen LogP) is 0.358. The van der Waals surface area contributed by atoms with E-state index in [4.69, 9.17) is 0 Å². The van der Waals surface area contributed by atoms with Crippen molar-refractivity contribution in [1.29, 1.82) is 0 Å². The van der Waals surface area contributed by atoms with Crippen molar-refractivity contribution in [2.45, 2.75) is 45.3 Å². The van der Waals surface area contributed by atoms with Crippen LogP contribution in [0.15, 0.2) is 0 Å². The lowest BCUT2D eigenvalue weighted by molar-refractivity contribution is -0.125. The molecule has 0 saturated carbocycles. The minimum Gasteiger partial charge on any atom is -0.392 e. The first-order chi connectivity index (χ1) is 7.15. The Labute approximate surface area is 91.6 Å². The lowest BCUT2D eigenvalue weighted by Crippen LogP contribution is -2.44. The number of carbonyl (C=O) groups is 1. The third-order valence-electron chi connectivity index (χ3n) is 2.95. The van der Waals surface area contributed by atoms with E-state index in [1.165, 1.54) is 0 Å². The van der Waals surface area contributed by atoms with E-state index in [2.05, 4.69) is 12.2 Å². The standard InChI is InChI=1S/C11H22N2O2/c1-3-4-6-12-11(15)9(2)13-7-5-10(14)8-13/h9-10,14H,3-8H2,1-2H3,(H,12,15)/t9?,10-/m0/s1. The molecule has 1 aliphatic heterocycles. The molecule has 0 bridgehead atoms. The highest BCUT2D eigenvalue weighted by atomic mass is 16.3. The van der Waals surface area contributed by atoms with Gasteiger partial charge in [-0.2, -0.15) is 0 Å². The van der Waals surface area contributed by atoms with Gasteiger partial charge in [-0.3, -0.25) is 9.69 Å². The van der Waals surface area contributed by atoms with E-state index in [1.54, 1.807) is 0 Å². The monoisotopic (exact) mass is 214 g/mol. The zero-order valence-corrected chi connectivity index (χ0v) is 9.70. The minimum atomic E-state index is -0.254. The molecule has 1 aliphatic rings. The van der Waals surface area contributed by atoms with Crippen LogP contribution in [-0.4, -0.2) is 47.7 Å². The summed E-state index contributed by atoms with van der Waals surface area (Å²) in [5, 5.41) is 12.3. The summed E-state index contributed by atoms with van der Waals surface area (Å²) >= 11 is 0. The molecule has 0 aromatic heterocycles. The Morgan fingerprint density at radius 3 is 2.93 bits per heavy atom. The van der Waals surface area contributed by atoms with Gasteiger partial charge in [0.15, 0.2) is 0 Å². The smallest absolute Gasteiger partial charge is 0.237 e. The molecule has 0 aromatic carbocycles. The van der Waals surface area contributed by atoms with E-state index in [-0.39, 0.29) is 18.1 Å². The van der Waals surface area contributed by atoms with Gasteiger partial charge in [0.2, 0.25) is 5.91 Å². The molecule has 0 aliphatic carbocycles. The molecule has 4 heteroatoms. The molecule has 2 N–H and O–H groups in total. The zero-order chi connectivity index (χ0) is 11.3. The normalized spacial score (nSPS) is 24.1. The maximum atomic E-state index is 11.7. The van der Waals surface area contributed by atoms with Gasteiger partial charge in [0.05, 0.1) is 12.1 Å². The Morgan fingerprint density at radius 2 is 2.40 bits per heavy atom. The average molecular weight is 214 g/mol. The molecule has 88 valence electrons. The quantitative estimate of drug-likeness (QED) is 0.650. The Hall–Kier alpha value is -0.610. The molecule has 0 radical (unpaired) electrons. The molecule has 1 saturated heterocycles. The second kappa shape index (κ2) is 6.08. The van der Waals surface area contributed by atoms with Crippen LogP contribution in [0.1, 0.15) is 33.1 Å². The van der Waals surface area contributed by atoms with Gasteiger partial charge in [-0.05, 0) is 19.8 Å². The van der Waals surface area contributed by atoms with Crippen LogP contribution in [0.5, 0.6) is 0 Å². The lowest BCUT2D eigenvalue weighted by Gasteiger charge is -2.22. The summed E-state index contributed by atoms with van der Waals surface area (Å²) in [6.07, 6.45) is 2.65. The number of nitrogens with one attached hydrogen (secondary N) is 1. The van der Waals surface area contributed by atoms with Crippen molar-refractivity contribution in [3.63, 3.8) is 0 Å². The number of aliphatic hydroxyl groups excluding tert-OH is 1. The molecule has 1 fully saturated rings. The van der Waals surface area contributed by atoms with Gasteiger partial charge in [0.1, 0.15) is 0 Å². The van der Waals surface area contributed by atoms with E-state index >= 15 is 0 Å². The van der Waals surface area contributed by atoms with Crippen LogP contribution in [0.25, 0.3) is 0 Å². The first-order valence-electron chi connectivity index (χ1n) is 5.85. The predicted molar refractivity (Wildman–Crippen MR) is 59.6 cm³/mol. The maximum absolute atomic E-state index is 11.7. The van der Waals surface area contributed by atoms with Gasteiger partial charge in [0, 0.05) is 19.6 Å². The summed E-state index contributed by atoms with van der Waals surface area (Å²) in [5.74, 6) is 0.0811. The van der Waals surface area contributed by atoms with Crippen LogP contribution >= 0.6 is 0 Å². The molecule has 4 nitrogen and oxygen atoms in total. The highest BCUT2D eigenvalue weighted by Gasteiger charge is 2.27. The van der Waals surface area contributed by atoms with Crippen LogP contribution in [0.3, 0.4) is 0 Å². The number of amides is 1. The van der Waals surface area contributed by atoms with E-state index in [1.807, 2.05) is 11.8 Å². The second-order valence-electron chi connectivity index (χ2n) is 4.26. The van der Waals surface area contributed by atoms with Gasteiger partial charge < -0.3 is 10.4 Å². The topological polar surface area (TPSA) is 52.6 Å². The summed E-state index contributed by atoms with van der Waals surface area (Å²) in [5.41, 5.74) is 0. The van der Waals surface area contributed by atoms with Crippen LogP contribution < -0.4 is 5.32 Å². The number of hydrogen-bond acceptors (Lipinski definition) is 3. The molecule has 0 spiro atoms. The Balaban J connectivity index is 2.26. The lowest BCUT2D eigenvalue weighted by atomic mass is 10.2. The summed E-state index contributed by atoms with van der Waals surface area (Å²) in [7, 11) is 0. The SMILES string of the molecule is CCCCNC(=O)C(C)N1CC[C@H](O)C1. The van der Waals surface area contributed by atoms with Gasteiger partial charge in [-0.25, -0.2) is 0 Å². The fourth-order valence-corrected chi connectivity index (χ4v) is 1.82. The number of unbranched alkanes of at least 4 members (excludes halogenated alkanes) is 1. The van der Waals surface area contributed by atoms with Crippen LogP contribution in [0, 0.1) is 0 Å². The van der Waals surface area contributed by atoms with Crippen molar-refractivity contribution in [3.05, 3.63) is 0 Å². The van der Waals surface area contributed by atoms with Crippen molar-refractivity contribution in [2.75, 3.05) is 19.6 Å². The number of likely N-dealkylation sites (tertiary alicyclic amines) is 1. The van der Waals surface area contributed by atoms with Crippen molar-refractivity contribution >= 4 is 5.91 Å². The summed E-state index contributed by atoms with van der Waals surface area (Å²) < 4.78 is 0. The first kappa shape index (κ1) is 12.5. The molecule has 0 aromatic rings. The Kier molecular flexibility index (Phi) is 5.05. The summed E-state index contributed by atoms with van der Waals surface area (Å²) in [4.78, 5) is 13.7. The second-order valence-corrected chi connectivity index (χ2v) is 4.26. The van der Waals surface area contributed by atoms with Crippen LogP contribution in [0.2, 0.25) is 0 Å². The Bertz CT molecular complexity index is 209. The third-order valence-corrected chi connectivity index (χ3v) is 2.95. The number of hydrogen-bond donors (Lipinski definition) is 2. The van der Waals surface area contributed by atoms with Crippen molar-refractivity contribution in [3.8, 4) is 0 Å². The van der Waals surface area contributed by atoms with Gasteiger partial charge in [0.25, 0.3) is 0 Å². The highest BCUT2D eigenvalue weighted by Crippen LogP contribution is 2.12. The largest absolute Gasteiger partial charge is 0.392 e. The number of aliphatic hydroxyl groups is 1. The average Bonchev–Trinajstić information content (AvgIpc) is 2.64. The molecular formula is C11H22N2O2. The van der Waals surface area contributed by atoms with E-state index < -0.39 is 0 Å². The molecule has 2 atom stereocenters. The first-order valence-corrected chi connectivity index (χ1v) is 5.85. The minimum absolute atomic E-state index is 0.0811. The maximum Gasteiger partial charge on any atom is 0.237 e. The molecule has 1 rings (SSSR count). The molecule has 1 unspecified atom stereocenters. The van der Waals surface area contributed by atoms with E-state index in [0.717, 1.165) is 32.4 Å². The summed E-state index contributed by atoms with van der Waals surface area (Å²) in [6.45, 7) is 6.22. The van der Waals surface area contributed by atoms with Crippen molar-refractivity contribution < 1.29 is 9.90 Å². The van der Waals surface area contributed by atoms with Crippen LogP contribution in [0.4, 0.5) is 0 Å². The molecule has 15 heavy (non-hydrogen) atoms. The van der Waals surface area contributed by atoms with E-state index in [0.29, 0.717) is 6.54 Å².